The largest absolute Gasteiger partial charge is 0.507 e. The van der Waals surface area contributed by atoms with Gasteiger partial charge in [-0.1, -0.05) is 0 Å². The van der Waals surface area contributed by atoms with E-state index in [9.17, 15) is 0 Å². The third-order valence-electron chi connectivity index (χ3n) is 1.93. The van der Waals surface area contributed by atoms with Crippen molar-refractivity contribution in [2.75, 3.05) is 13.2 Å². The molecule has 12 heavy (non-hydrogen) atoms. The van der Waals surface area contributed by atoms with Crippen molar-refractivity contribution in [3.8, 4) is 0 Å². The van der Waals surface area contributed by atoms with Gasteiger partial charge in [0.25, 0.3) is 0 Å². The van der Waals surface area contributed by atoms with Gasteiger partial charge < -0.3 is 14.8 Å². The van der Waals surface area contributed by atoms with Gasteiger partial charge in [0.2, 0.25) is 0 Å². The highest BCUT2D eigenvalue weighted by Crippen LogP contribution is 2.13. The minimum Gasteiger partial charge on any atom is -0.422 e. The first kappa shape index (κ1) is 7.79. The maximum absolute atomic E-state index is 8.92. The van der Waals surface area contributed by atoms with E-state index in [-0.39, 0.29) is 6.04 Å². The van der Waals surface area contributed by atoms with Crippen molar-refractivity contribution in [2.45, 2.75) is 6.04 Å². The van der Waals surface area contributed by atoms with Crippen molar-refractivity contribution in [2.24, 2.45) is 0 Å². The lowest BCUT2D eigenvalue weighted by Crippen LogP contribution is -2.43. The Morgan fingerprint density at radius 3 is 2.83 bits per heavy atom. The van der Waals surface area contributed by atoms with Gasteiger partial charge >= 0.3 is 7.12 Å². The van der Waals surface area contributed by atoms with Crippen molar-refractivity contribution in [1.29, 1.82) is 0 Å². The van der Waals surface area contributed by atoms with Gasteiger partial charge in [0.05, 0.1) is 24.8 Å². The Kier molecular flexibility index (Phi) is 1.88. The number of nitrogens with zero attached hydrogens (tertiary/aromatic N) is 2. The molecule has 0 aliphatic carbocycles. The van der Waals surface area contributed by atoms with Crippen molar-refractivity contribution in [3.63, 3.8) is 0 Å². The normalized spacial score (nSPS) is 17.5. The van der Waals surface area contributed by atoms with E-state index in [1.807, 2.05) is 0 Å². The number of aromatic nitrogens is 2. The molecule has 5 nitrogen and oxygen atoms in total. The first-order valence-electron chi connectivity index (χ1n) is 3.76. The van der Waals surface area contributed by atoms with Crippen molar-refractivity contribution < 1.29 is 14.8 Å². The second-order valence-corrected chi connectivity index (χ2v) is 2.77. The van der Waals surface area contributed by atoms with Gasteiger partial charge in [-0.05, 0) is 6.07 Å². The zero-order valence-electron chi connectivity index (χ0n) is 6.42. The van der Waals surface area contributed by atoms with Crippen molar-refractivity contribution in [3.05, 3.63) is 12.3 Å². The predicted octanol–water partition coefficient (Wildman–Crippen LogP) is -1.87. The Morgan fingerprint density at radius 1 is 1.58 bits per heavy atom. The summed E-state index contributed by atoms with van der Waals surface area (Å²) in [4.78, 5) is 0. The predicted molar refractivity (Wildman–Crippen MR) is 41.9 cm³/mol. The minimum absolute atomic E-state index is 0.164. The molecule has 0 spiro atoms. The molecule has 0 aromatic carbocycles. The summed E-state index contributed by atoms with van der Waals surface area (Å²) in [5, 5.41) is 21.8. The van der Waals surface area contributed by atoms with Gasteiger partial charge in [-0.15, -0.1) is 0 Å². The quantitative estimate of drug-likeness (QED) is 0.508. The Bertz CT molecular complexity index is 272. The highest BCUT2D eigenvalue weighted by molar-refractivity contribution is 6.57. The van der Waals surface area contributed by atoms with E-state index in [1.165, 1.54) is 0 Å². The molecular formula is C6H9BN2O3. The van der Waals surface area contributed by atoms with E-state index >= 15 is 0 Å². The van der Waals surface area contributed by atoms with Crippen LogP contribution in [-0.2, 0) is 4.74 Å². The number of rotatable bonds is 2. The average molecular weight is 168 g/mol. The van der Waals surface area contributed by atoms with Gasteiger partial charge in [-0.3, -0.25) is 4.68 Å². The first-order chi connectivity index (χ1) is 5.79. The molecule has 2 heterocycles. The Morgan fingerprint density at radius 2 is 2.33 bits per heavy atom. The molecule has 1 aromatic rings. The van der Waals surface area contributed by atoms with Crippen LogP contribution >= 0.6 is 0 Å². The van der Waals surface area contributed by atoms with Gasteiger partial charge in [-0.2, -0.15) is 5.10 Å². The Hall–Kier alpha value is -0.845. The molecule has 0 saturated carbocycles. The summed E-state index contributed by atoms with van der Waals surface area (Å²) in [6, 6.07) is 1.75. The molecule has 1 aliphatic rings. The number of hydrogen-bond acceptors (Lipinski definition) is 4. The van der Waals surface area contributed by atoms with Crippen LogP contribution < -0.4 is 5.59 Å². The lowest BCUT2D eigenvalue weighted by atomic mass is 9.86. The van der Waals surface area contributed by atoms with Crippen LogP contribution in [-0.4, -0.2) is 40.2 Å². The van der Waals surface area contributed by atoms with E-state index in [1.54, 1.807) is 16.9 Å². The molecule has 1 aliphatic heterocycles. The van der Waals surface area contributed by atoms with Crippen LogP contribution in [0.3, 0.4) is 0 Å². The van der Waals surface area contributed by atoms with Gasteiger partial charge in [0.1, 0.15) is 0 Å². The molecule has 0 bridgehead atoms. The fourth-order valence-electron chi connectivity index (χ4n) is 1.20. The highest BCUT2D eigenvalue weighted by atomic mass is 16.5. The molecular weight excluding hydrogens is 159 g/mol. The molecule has 0 unspecified atom stereocenters. The van der Waals surface area contributed by atoms with E-state index in [0.29, 0.717) is 18.8 Å². The van der Waals surface area contributed by atoms with Gasteiger partial charge in [-0.25, -0.2) is 0 Å². The molecule has 2 rings (SSSR count). The van der Waals surface area contributed by atoms with Crippen molar-refractivity contribution >= 4 is 12.7 Å². The van der Waals surface area contributed by atoms with E-state index in [4.69, 9.17) is 14.8 Å². The number of ether oxygens (including phenoxy) is 1. The SMILES string of the molecule is OB(O)c1ccnn1C1COC1. The first-order valence-corrected chi connectivity index (χ1v) is 3.76. The van der Waals surface area contributed by atoms with E-state index in [2.05, 4.69) is 5.10 Å². The molecule has 1 saturated heterocycles. The minimum atomic E-state index is -1.45. The van der Waals surface area contributed by atoms with Crippen LogP contribution in [0.4, 0.5) is 0 Å². The third kappa shape index (κ3) is 1.14. The fraction of sp³-hybridized carbons (Fsp3) is 0.500. The third-order valence-corrected chi connectivity index (χ3v) is 1.93. The average Bonchev–Trinajstić information content (AvgIpc) is 2.31. The summed E-state index contributed by atoms with van der Waals surface area (Å²) in [7, 11) is -1.45. The standard InChI is InChI=1S/C6H9BN2O3/c10-7(11)6-1-2-8-9(6)5-3-12-4-5/h1-2,5,10-11H,3-4H2. The van der Waals surface area contributed by atoms with Crippen LogP contribution in [0.2, 0.25) is 0 Å². The second kappa shape index (κ2) is 2.89. The summed E-state index contributed by atoms with van der Waals surface area (Å²) in [5.41, 5.74) is 0.420. The second-order valence-electron chi connectivity index (χ2n) is 2.77. The van der Waals surface area contributed by atoms with Crippen LogP contribution in [0.5, 0.6) is 0 Å². The molecule has 64 valence electrons. The molecule has 0 radical (unpaired) electrons. The molecule has 1 aromatic heterocycles. The lowest BCUT2D eigenvalue weighted by molar-refractivity contribution is -0.0275. The number of hydrogen-bond donors (Lipinski definition) is 2. The topological polar surface area (TPSA) is 67.5 Å². The molecule has 1 fully saturated rings. The Labute approximate surface area is 69.7 Å². The van der Waals surface area contributed by atoms with E-state index in [0.717, 1.165) is 0 Å². The maximum Gasteiger partial charge on any atom is 0.507 e. The summed E-state index contributed by atoms with van der Waals surface area (Å²) < 4.78 is 6.56. The molecule has 6 heteroatoms. The summed E-state index contributed by atoms with van der Waals surface area (Å²) in [5.74, 6) is 0. The monoisotopic (exact) mass is 168 g/mol. The smallest absolute Gasteiger partial charge is 0.422 e. The highest BCUT2D eigenvalue weighted by Gasteiger charge is 2.26. The van der Waals surface area contributed by atoms with Gasteiger partial charge in [0, 0.05) is 6.20 Å². The fourth-order valence-corrected chi connectivity index (χ4v) is 1.20. The van der Waals surface area contributed by atoms with Crippen LogP contribution in [0, 0.1) is 0 Å². The van der Waals surface area contributed by atoms with Crippen LogP contribution in [0.15, 0.2) is 12.3 Å². The van der Waals surface area contributed by atoms with Gasteiger partial charge in [0.15, 0.2) is 0 Å². The zero-order chi connectivity index (χ0) is 8.55. The van der Waals surface area contributed by atoms with E-state index < -0.39 is 7.12 Å². The lowest BCUT2D eigenvalue weighted by Gasteiger charge is -2.27. The van der Waals surface area contributed by atoms with Crippen LogP contribution in [0.1, 0.15) is 6.04 Å². The summed E-state index contributed by atoms with van der Waals surface area (Å²) in [6.07, 6.45) is 1.55. The zero-order valence-corrected chi connectivity index (χ0v) is 6.42. The Balaban J connectivity index is 2.23. The molecule has 0 amide bonds. The van der Waals surface area contributed by atoms with Crippen molar-refractivity contribution in [1.82, 2.24) is 9.78 Å². The van der Waals surface area contributed by atoms with Crippen LogP contribution in [0.25, 0.3) is 0 Å². The maximum atomic E-state index is 8.92. The molecule has 0 atom stereocenters. The summed E-state index contributed by atoms with van der Waals surface area (Å²) >= 11 is 0. The summed E-state index contributed by atoms with van der Waals surface area (Å²) in [6.45, 7) is 1.20. The molecule has 2 N–H and O–H groups in total.